The van der Waals surface area contributed by atoms with Crippen LogP contribution in [0.25, 0.3) is 21.5 Å². The first-order valence-electron chi connectivity index (χ1n) is 12.0. The van der Waals surface area contributed by atoms with Crippen molar-refractivity contribution in [3.8, 4) is 10.4 Å². The average Bonchev–Trinajstić information content (AvgIpc) is 3.62. The van der Waals surface area contributed by atoms with Crippen molar-refractivity contribution in [1.82, 2.24) is 19.3 Å². The summed E-state index contributed by atoms with van der Waals surface area (Å²) in [7, 11) is 3.56. The lowest BCUT2D eigenvalue weighted by Gasteiger charge is -2.20. The highest BCUT2D eigenvalue weighted by atomic mass is 32.1. The number of hydrogen-bond acceptors (Lipinski definition) is 6. The molecular formula is C28H28N6O3S. The number of anilines is 2. The van der Waals surface area contributed by atoms with E-state index in [0.29, 0.717) is 27.6 Å². The van der Waals surface area contributed by atoms with E-state index >= 15 is 0 Å². The van der Waals surface area contributed by atoms with Gasteiger partial charge in [-0.2, -0.15) is 5.10 Å². The molecule has 38 heavy (non-hydrogen) atoms. The third-order valence-electron chi connectivity index (χ3n) is 6.03. The monoisotopic (exact) mass is 528 g/mol. The lowest BCUT2D eigenvalue weighted by atomic mass is 10.1. The van der Waals surface area contributed by atoms with E-state index in [-0.39, 0.29) is 18.4 Å². The molecule has 5 rings (SSSR count). The van der Waals surface area contributed by atoms with Gasteiger partial charge in [0, 0.05) is 42.0 Å². The second kappa shape index (κ2) is 9.88. The number of nitrogens with zero attached hydrogens (tertiary/aromatic N) is 5. The normalized spacial score (nSPS) is 11.6. The minimum Gasteiger partial charge on any atom is -0.389 e. The second-order valence-corrected chi connectivity index (χ2v) is 10.8. The van der Waals surface area contributed by atoms with Gasteiger partial charge in [-0.3, -0.25) is 19.6 Å². The molecule has 0 radical (unpaired) electrons. The van der Waals surface area contributed by atoms with Crippen LogP contribution >= 0.6 is 11.3 Å². The molecule has 0 aliphatic carbocycles. The highest BCUT2D eigenvalue weighted by Crippen LogP contribution is 2.30. The molecule has 194 valence electrons. The summed E-state index contributed by atoms with van der Waals surface area (Å²) in [6.07, 6.45) is 3.65. The van der Waals surface area contributed by atoms with Gasteiger partial charge >= 0.3 is 0 Å². The molecule has 2 N–H and O–H groups in total. The van der Waals surface area contributed by atoms with Crippen molar-refractivity contribution in [3.63, 3.8) is 0 Å². The third-order valence-corrected chi connectivity index (χ3v) is 7.17. The van der Waals surface area contributed by atoms with E-state index in [1.54, 1.807) is 65.5 Å². The first-order chi connectivity index (χ1) is 18.1. The fraction of sp³-hybridized carbons (Fsp3) is 0.214. The molecule has 0 saturated carbocycles. The molecule has 0 saturated heterocycles. The predicted octanol–water partition coefficient (Wildman–Crippen LogP) is 4.80. The number of nitrogens with one attached hydrogen (secondary N) is 1. The number of rotatable bonds is 7. The van der Waals surface area contributed by atoms with Crippen molar-refractivity contribution >= 4 is 45.8 Å². The summed E-state index contributed by atoms with van der Waals surface area (Å²) in [6, 6.07) is 18.2. The number of imidazole rings is 1. The van der Waals surface area contributed by atoms with Crippen LogP contribution in [0.4, 0.5) is 11.6 Å². The lowest BCUT2D eigenvalue weighted by Crippen LogP contribution is -2.27. The minimum absolute atomic E-state index is 0.142. The van der Waals surface area contributed by atoms with E-state index in [9.17, 15) is 14.7 Å². The third kappa shape index (κ3) is 5.22. The van der Waals surface area contributed by atoms with Crippen molar-refractivity contribution in [2.45, 2.75) is 26.0 Å². The van der Waals surface area contributed by atoms with Crippen LogP contribution in [-0.2, 0) is 13.6 Å². The van der Waals surface area contributed by atoms with Gasteiger partial charge in [0.05, 0.1) is 34.3 Å². The number of fused-ring (bicyclic) bond motifs is 1. The molecule has 5 aromatic rings. The van der Waals surface area contributed by atoms with Gasteiger partial charge in [-0.25, -0.2) is 4.98 Å². The molecule has 3 heterocycles. The Morgan fingerprint density at radius 2 is 1.87 bits per heavy atom. The van der Waals surface area contributed by atoms with Gasteiger partial charge in [0.2, 0.25) is 5.95 Å². The van der Waals surface area contributed by atoms with E-state index in [1.807, 2.05) is 49.6 Å². The molecule has 3 aromatic heterocycles. The van der Waals surface area contributed by atoms with E-state index < -0.39 is 5.60 Å². The maximum absolute atomic E-state index is 13.2. The van der Waals surface area contributed by atoms with Crippen LogP contribution in [0.1, 0.15) is 33.9 Å². The molecule has 10 heteroatoms. The molecule has 2 aromatic carbocycles. The number of hydrogen-bond donors (Lipinski definition) is 2. The van der Waals surface area contributed by atoms with E-state index in [1.165, 1.54) is 11.3 Å². The van der Waals surface area contributed by atoms with Crippen LogP contribution in [0.5, 0.6) is 0 Å². The molecule has 0 bridgehead atoms. The van der Waals surface area contributed by atoms with Gasteiger partial charge in [-0.15, -0.1) is 11.3 Å². The zero-order chi connectivity index (χ0) is 27.0. The van der Waals surface area contributed by atoms with Crippen LogP contribution < -0.4 is 10.2 Å². The molecule has 0 aliphatic rings. The standard InChI is InChI=1S/C28H28N6O3S/c1-28(2,37)17-34-22-11-10-20(33(4)26(36)18-8-6-5-7-9-18)14-21(22)30-27(34)31-25(35)24-13-12-23(38-24)19-15-29-32(3)16-19/h5-16,37H,17H2,1-4H3,(H,30,31,35). The Balaban J connectivity index is 1.46. The molecule has 0 atom stereocenters. The zero-order valence-electron chi connectivity index (χ0n) is 21.5. The van der Waals surface area contributed by atoms with Gasteiger partial charge in [0.1, 0.15) is 0 Å². The smallest absolute Gasteiger partial charge is 0.268 e. The summed E-state index contributed by atoms with van der Waals surface area (Å²) in [6.45, 7) is 3.61. The fourth-order valence-corrected chi connectivity index (χ4v) is 5.06. The Bertz CT molecular complexity index is 1630. The van der Waals surface area contributed by atoms with E-state index in [0.717, 1.165) is 16.0 Å². The molecule has 0 aliphatic heterocycles. The molecule has 9 nitrogen and oxygen atoms in total. The van der Waals surface area contributed by atoms with Crippen LogP contribution in [-0.4, -0.2) is 48.9 Å². The fourth-order valence-electron chi connectivity index (χ4n) is 4.19. The molecule has 0 unspecified atom stereocenters. The van der Waals surface area contributed by atoms with Gasteiger partial charge in [-0.05, 0) is 56.3 Å². The quantitative estimate of drug-likeness (QED) is 0.316. The van der Waals surface area contributed by atoms with Crippen LogP contribution in [0.15, 0.2) is 73.1 Å². The van der Waals surface area contributed by atoms with E-state index in [4.69, 9.17) is 0 Å². The van der Waals surface area contributed by atoms with Crippen LogP contribution in [0.2, 0.25) is 0 Å². The van der Waals surface area contributed by atoms with Gasteiger partial charge in [0.25, 0.3) is 11.8 Å². The molecular weight excluding hydrogens is 500 g/mol. The number of amides is 2. The second-order valence-electron chi connectivity index (χ2n) is 9.76. The Morgan fingerprint density at radius 1 is 1.11 bits per heavy atom. The van der Waals surface area contributed by atoms with E-state index in [2.05, 4.69) is 15.4 Å². The number of aromatic nitrogens is 4. The minimum atomic E-state index is -1.05. The first kappa shape index (κ1) is 25.4. The number of aryl methyl sites for hydroxylation is 1. The summed E-state index contributed by atoms with van der Waals surface area (Å²) < 4.78 is 3.50. The summed E-state index contributed by atoms with van der Waals surface area (Å²) in [5.41, 5.74) is 2.45. The Hall–Kier alpha value is -4.28. The summed E-state index contributed by atoms with van der Waals surface area (Å²) in [5, 5.41) is 17.7. The maximum Gasteiger partial charge on any atom is 0.268 e. The van der Waals surface area contributed by atoms with Gasteiger partial charge < -0.3 is 14.6 Å². The van der Waals surface area contributed by atoms with Crippen molar-refractivity contribution in [2.75, 3.05) is 17.3 Å². The number of aliphatic hydroxyl groups is 1. The van der Waals surface area contributed by atoms with Crippen molar-refractivity contribution in [3.05, 3.63) is 83.5 Å². The summed E-state index contributed by atoms with van der Waals surface area (Å²) in [4.78, 5) is 33.8. The Kier molecular flexibility index (Phi) is 6.60. The lowest BCUT2D eigenvalue weighted by molar-refractivity contribution is 0.0630. The van der Waals surface area contributed by atoms with Crippen molar-refractivity contribution in [1.29, 1.82) is 0 Å². The molecule has 0 fully saturated rings. The number of carbonyl (C=O) groups is 2. The highest BCUT2D eigenvalue weighted by molar-refractivity contribution is 7.17. The Morgan fingerprint density at radius 3 is 2.55 bits per heavy atom. The maximum atomic E-state index is 13.2. The summed E-state index contributed by atoms with van der Waals surface area (Å²) >= 11 is 1.36. The SMILES string of the molecule is CN(C(=O)c1ccccc1)c1ccc2c(c1)nc(NC(=O)c1ccc(-c3cnn(C)c3)s1)n2CC(C)(C)O. The number of benzene rings is 2. The van der Waals surface area contributed by atoms with Crippen LogP contribution in [0.3, 0.4) is 0 Å². The van der Waals surface area contributed by atoms with Crippen LogP contribution in [0, 0.1) is 0 Å². The van der Waals surface area contributed by atoms with Crippen molar-refractivity contribution < 1.29 is 14.7 Å². The topological polar surface area (TPSA) is 105 Å². The Labute approximate surface area is 224 Å². The number of thiophene rings is 1. The number of carbonyl (C=O) groups excluding carboxylic acids is 2. The largest absolute Gasteiger partial charge is 0.389 e. The first-order valence-corrected chi connectivity index (χ1v) is 12.9. The zero-order valence-corrected chi connectivity index (χ0v) is 22.4. The van der Waals surface area contributed by atoms with Gasteiger partial charge in [0.15, 0.2) is 0 Å². The summed E-state index contributed by atoms with van der Waals surface area (Å²) in [5.74, 6) is -0.122. The average molecular weight is 529 g/mol. The molecule has 0 spiro atoms. The molecule has 2 amide bonds. The van der Waals surface area contributed by atoms with Crippen molar-refractivity contribution in [2.24, 2.45) is 7.05 Å². The predicted molar refractivity (Wildman–Crippen MR) is 150 cm³/mol. The van der Waals surface area contributed by atoms with Gasteiger partial charge in [-0.1, -0.05) is 18.2 Å². The highest BCUT2D eigenvalue weighted by Gasteiger charge is 2.23.